The highest BCUT2D eigenvalue weighted by atomic mass is 32.2. The summed E-state index contributed by atoms with van der Waals surface area (Å²) in [6, 6.07) is -0.274. The molecular weight excluding hydrogens is 188 g/mol. The first-order valence-electron chi connectivity index (χ1n) is 3.81. The van der Waals surface area contributed by atoms with E-state index in [4.69, 9.17) is 0 Å². The molecule has 6 heteroatoms. The molecule has 0 heterocycles. The van der Waals surface area contributed by atoms with E-state index in [-0.39, 0.29) is 6.04 Å². The van der Waals surface area contributed by atoms with E-state index in [1.165, 1.54) is 0 Å². The topological polar surface area (TPSA) is 46.2 Å². The molecule has 0 radical (unpaired) electrons. The van der Waals surface area contributed by atoms with Crippen LogP contribution in [0.15, 0.2) is 0 Å². The molecule has 0 aliphatic heterocycles. The van der Waals surface area contributed by atoms with Gasteiger partial charge in [0.1, 0.15) is 0 Å². The summed E-state index contributed by atoms with van der Waals surface area (Å²) >= 11 is 0. The quantitative estimate of drug-likeness (QED) is 0.739. The van der Waals surface area contributed by atoms with E-state index in [1.807, 2.05) is 4.72 Å². The van der Waals surface area contributed by atoms with Crippen LogP contribution in [-0.4, -0.2) is 20.2 Å². The van der Waals surface area contributed by atoms with Gasteiger partial charge in [0.2, 0.25) is 0 Å². The van der Waals surface area contributed by atoms with Gasteiger partial charge < -0.3 is 0 Å². The van der Waals surface area contributed by atoms with Crippen LogP contribution in [0.4, 0.5) is 8.78 Å². The molecule has 0 aromatic carbocycles. The summed E-state index contributed by atoms with van der Waals surface area (Å²) in [5, 5.41) is 0. The van der Waals surface area contributed by atoms with Gasteiger partial charge in [-0.1, -0.05) is 12.8 Å². The highest BCUT2D eigenvalue weighted by molar-refractivity contribution is 7.89. The second kappa shape index (κ2) is 3.66. The number of alkyl halides is 2. The Morgan fingerprint density at radius 1 is 1.25 bits per heavy atom. The smallest absolute Gasteiger partial charge is 0.207 e. The number of rotatable bonds is 3. The van der Waals surface area contributed by atoms with Gasteiger partial charge >= 0.3 is 5.76 Å². The molecule has 0 aromatic rings. The molecule has 3 nitrogen and oxygen atoms in total. The molecule has 0 unspecified atom stereocenters. The zero-order valence-electron chi connectivity index (χ0n) is 6.46. The molecule has 72 valence electrons. The van der Waals surface area contributed by atoms with Crippen molar-refractivity contribution in [3.8, 4) is 0 Å². The average molecular weight is 199 g/mol. The Morgan fingerprint density at radius 2 is 1.75 bits per heavy atom. The highest BCUT2D eigenvalue weighted by Crippen LogP contribution is 2.19. The van der Waals surface area contributed by atoms with Gasteiger partial charge in [-0.05, 0) is 12.8 Å². The first kappa shape index (κ1) is 9.85. The third kappa shape index (κ3) is 2.38. The number of nitrogens with one attached hydrogen (secondary N) is 1. The Bertz CT molecular complexity index is 234. The second-order valence-corrected chi connectivity index (χ2v) is 4.59. The summed E-state index contributed by atoms with van der Waals surface area (Å²) < 4.78 is 46.9. The van der Waals surface area contributed by atoms with Gasteiger partial charge in [0.25, 0.3) is 10.0 Å². The van der Waals surface area contributed by atoms with E-state index in [9.17, 15) is 17.2 Å². The maximum Gasteiger partial charge on any atom is 0.350 e. The Balaban J connectivity index is 2.49. The van der Waals surface area contributed by atoms with Gasteiger partial charge in [-0.25, -0.2) is 13.1 Å². The molecule has 1 aliphatic carbocycles. The Morgan fingerprint density at radius 3 is 2.17 bits per heavy atom. The van der Waals surface area contributed by atoms with Crippen molar-refractivity contribution in [2.24, 2.45) is 0 Å². The Hall–Kier alpha value is -0.230. The molecule has 0 saturated heterocycles. The maximum absolute atomic E-state index is 11.8. The van der Waals surface area contributed by atoms with Crippen LogP contribution in [0.5, 0.6) is 0 Å². The maximum atomic E-state index is 11.8. The van der Waals surface area contributed by atoms with Crippen LogP contribution in [0.25, 0.3) is 0 Å². The molecule has 0 spiro atoms. The second-order valence-electron chi connectivity index (χ2n) is 2.90. The first-order valence-corrected chi connectivity index (χ1v) is 5.36. The van der Waals surface area contributed by atoms with Gasteiger partial charge in [0.15, 0.2) is 0 Å². The molecule has 1 saturated carbocycles. The zero-order valence-corrected chi connectivity index (χ0v) is 7.28. The van der Waals surface area contributed by atoms with E-state index < -0.39 is 15.8 Å². The predicted octanol–water partition coefficient (Wildman–Crippen LogP) is 1.07. The lowest BCUT2D eigenvalue weighted by atomic mass is 10.3. The summed E-state index contributed by atoms with van der Waals surface area (Å²) in [7, 11) is -4.36. The number of sulfonamides is 1. The molecule has 1 N–H and O–H groups in total. The van der Waals surface area contributed by atoms with Crippen LogP contribution in [-0.2, 0) is 10.0 Å². The van der Waals surface area contributed by atoms with E-state index in [0.717, 1.165) is 12.8 Å². The molecule has 1 aliphatic rings. The van der Waals surface area contributed by atoms with Crippen LogP contribution in [0.3, 0.4) is 0 Å². The van der Waals surface area contributed by atoms with E-state index in [1.54, 1.807) is 0 Å². The van der Waals surface area contributed by atoms with Crippen molar-refractivity contribution in [3.05, 3.63) is 0 Å². The van der Waals surface area contributed by atoms with E-state index in [2.05, 4.69) is 0 Å². The number of halogens is 2. The summed E-state index contributed by atoms with van der Waals surface area (Å²) in [6.45, 7) is 0. The van der Waals surface area contributed by atoms with Crippen LogP contribution in [0.1, 0.15) is 25.7 Å². The molecular formula is C6H11F2NO2S. The fourth-order valence-corrected chi connectivity index (χ4v) is 2.13. The molecule has 1 fully saturated rings. The fourth-order valence-electron chi connectivity index (χ4n) is 1.33. The van der Waals surface area contributed by atoms with Crippen molar-refractivity contribution in [2.45, 2.75) is 37.5 Å². The molecule has 0 bridgehead atoms. The largest absolute Gasteiger partial charge is 0.350 e. The lowest BCUT2D eigenvalue weighted by molar-refractivity contribution is 0.231. The number of hydrogen-bond acceptors (Lipinski definition) is 2. The highest BCUT2D eigenvalue weighted by Gasteiger charge is 2.28. The van der Waals surface area contributed by atoms with E-state index in [0.29, 0.717) is 12.8 Å². The fraction of sp³-hybridized carbons (Fsp3) is 1.00. The van der Waals surface area contributed by atoms with Crippen molar-refractivity contribution >= 4 is 10.0 Å². The Labute approximate surface area is 70.2 Å². The van der Waals surface area contributed by atoms with Crippen molar-refractivity contribution in [3.63, 3.8) is 0 Å². The third-order valence-corrected chi connectivity index (χ3v) is 3.05. The minimum atomic E-state index is -4.36. The van der Waals surface area contributed by atoms with Gasteiger partial charge in [0.05, 0.1) is 0 Å². The van der Waals surface area contributed by atoms with Crippen molar-refractivity contribution in [1.29, 1.82) is 0 Å². The number of hydrogen-bond donors (Lipinski definition) is 1. The lowest BCUT2D eigenvalue weighted by Gasteiger charge is -2.10. The molecule has 0 aromatic heterocycles. The summed E-state index contributed by atoms with van der Waals surface area (Å²) in [5.41, 5.74) is 0. The van der Waals surface area contributed by atoms with Crippen molar-refractivity contribution < 1.29 is 17.2 Å². The zero-order chi connectivity index (χ0) is 9.19. The van der Waals surface area contributed by atoms with Crippen molar-refractivity contribution in [2.75, 3.05) is 0 Å². The summed E-state index contributed by atoms with van der Waals surface area (Å²) in [5.74, 6) is -3.31. The first-order chi connectivity index (χ1) is 5.52. The van der Waals surface area contributed by atoms with Crippen LogP contribution in [0, 0.1) is 0 Å². The van der Waals surface area contributed by atoms with Crippen LogP contribution < -0.4 is 4.72 Å². The third-order valence-electron chi connectivity index (χ3n) is 1.92. The molecule has 12 heavy (non-hydrogen) atoms. The predicted molar refractivity (Wildman–Crippen MR) is 40.3 cm³/mol. The molecule has 0 amide bonds. The summed E-state index contributed by atoms with van der Waals surface area (Å²) in [4.78, 5) is 0. The Kier molecular flexibility index (Phi) is 3.00. The standard InChI is InChI=1S/C6H11F2NO2S/c7-6(8)12(10,11)9-5-3-1-2-4-5/h5-6,9H,1-4H2. The van der Waals surface area contributed by atoms with Crippen LogP contribution in [0.2, 0.25) is 0 Å². The van der Waals surface area contributed by atoms with Crippen molar-refractivity contribution in [1.82, 2.24) is 4.72 Å². The molecule has 0 atom stereocenters. The molecule has 1 rings (SSSR count). The van der Waals surface area contributed by atoms with Gasteiger partial charge in [-0.3, -0.25) is 0 Å². The normalized spacial score (nSPS) is 20.6. The lowest BCUT2D eigenvalue weighted by Crippen LogP contribution is -2.36. The minimum absolute atomic E-state index is 0.274. The monoisotopic (exact) mass is 199 g/mol. The van der Waals surface area contributed by atoms with E-state index >= 15 is 0 Å². The minimum Gasteiger partial charge on any atom is -0.207 e. The van der Waals surface area contributed by atoms with Gasteiger partial charge in [-0.15, -0.1) is 0 Å². The van der Waals surface area contributed by atoms with Crippen LogP contribution >= 0.6 is 0 Å². The van der Waals surface area contributed by atoms with Gasteiger partial charge in [-0.2, -0.15) is 8.78 Å². The average Bonchev–Trinajstić information content (AvgIpc) is 2.38. The SMILES string of the molecule is O=S(=O)(NC1CCCC1)C(F)F. The van der Waals surface area contributed by atoms with Gasteiger partial charge in [0, 0.05) is 6.04 Å². The summed E-state index contributed by atoms with van der Waals surface area (Å²) in [6.07, 6.45) is 3.17.